The molecule has 54 valence electrons. The van der Waals surface area contributed by atoms with Crippen LogP contribution in [0, 0.1) is 11.7 Å². The molecule has 0 amide bonds. The molecule has 1 atom stereocenters. The Hall–Kier alpha value is -0.670. The van der Waals surface area contributed by atoms with Gasteiger partial charge in [0.25, 0.3) is 0 Å². The highest BCUT2D eigenvalue weighted by molar-refractivity contribution is 7.80. The van der Waals surface area contributed by atoms with Gasteiger partial charge in [0.05, 0.1) is 11.0 Å². The topological polar surface area (TPSA) is 44.1 Å². The van der Waals surface area contributed by atoms with Gasteiger partial charge in [-0.25, -0.2) is 0 Å². The zero-order valence-electron chi connectivity index (χ0n) is 5.66. The quantitative estimate of drug-likeness (QED) is 0.641. The van der Waals surface area contributed by atoms with Crippen molar-refractivity contribution < 1.29 is 4.55 Å². The third kappa shape index (κ3) is 1.65. The highest BCUT2D eigenvalue weighted by Gasteiger charge is 1.92. The highest BCUT2D eigenvalue weighted by atomic mass is 32.2. The molecule has 0 saturated carbocycles. The van der Waals surface area contributed by atoms with E-state index in [1.165, 1.54) is 0 Å². The van der Waals surface area contributed by atoms with Gasteiger partial charge in [0.2, 0.25) is 0 Å². The maximum absolute atomic E-state index is 8.81. The summed E-state index contributed by atoms with van der Waals surface area (Å²) >= 11 is 0. The summed E-state index contributed by atoms with van der Waals surface area (Å²) in [5.74, 6) is 0. The van der Waals surface area contributed by atoms with Crippen molar-refractivity contribution in [3.8, 4) is 0 Å². The first kappa shape index (κ1) is 7.44. The lowest BCUT2D eigenvalue weighted by Gasteiger charge is -1.96. The molecule has 0 heterocycles. The molecule has 2 N–H and O–H groups in total. The number of nitrogens with one attached hydrogen (secondary N) is 1. The van der Waals surface area contributed by atoms with Crippen molar-refractivity contribution in [2.45, 2.75) is 11.8 Å². The molecule has 0 spiro atoms. The lowest BCUT2D eigenvalue weighted by Crippen LogP contribution is -1.84. The minimum absolute atomic E-state index is 0.672. The fourth-order valence-corrected chi connectivity index (χ4v) is 1.06. The fraction of sp³-hybridized carbons (Fsp3) is 0.143. The van der Waals surface area contributed by atoms with E-state index in [1.807, 2.05) is 19.1 Å². The molecule has 0 fully saturated rings. The first-order valence-corrected chi connectivity index (χ1v) is 4.09. The van der Waals surface area contributed by atoms with Gasteiger partial charge >= 0.3 is 0 Å². The van der Waals surface area contributed by atoms with Crippen molar-refractivity contribution in [1.82, 2.24) is 0 Å². The molecule has 3 heteroatoms. The highest BCUT2D eigenvalue weighted by Crippen LogP contribution is 2.05. The van der Waals surface area contributed by atoms with Crippen LogP contribution in [0.1, 0.15) is 5.56 Å². The van der Waals surface area contributed by atoms with Gasteiger partial charge in [0.1, 0.15) is 0 Å². The van der Waals surface area contributed by atoms with Gasteiger partial charge in [0, 0.05) is 4.90 Å². The third-order valence-electron chi connectivity index (χ3n) is 1.24. The van der Waals surface area contributed by atoms with E-state index in [2.05, 4.69) is 0 Å². The van der Waals surface area contributed by atoms with Crippen LogP contribution in [-0.2, 0) is 11.0 Å². The van der Waals surface area contributed by atoms with Crippen LogP contribution in [0.15, 0.2) is 29.2 Å². The Labute approximate surface area is 62.6 Å². The summed E-state index contributed by atoms with van der Waals surface area (Å²) in [6, 6.07) is 7.32. The van der Waals surface area contributed by atoms with E-state index in [9.17, 15) is 0 Å². The second kappa shape index (κ2) is 2.94. The Morgan fingerprint density at radius 3 is 2.20 bits per heavy atom. The van der Waals surface area contributed by atoms with Crippen LogP contribution in [0.25, 0.3) is 0 Å². The summed E-state index contributed by atoms with van der Waals surface area (Å²) in [6.45, 7) is 1.98. The molecule has 1 rings (SSSR count). The molecule has 1 aromatic rings. The minimum Gasteiger partial charge on any atom is -0.318 e. The van der Waals surface area contributed by atoms with Crippen molar-refractivity contribution in [1.29, 1.82) is 4.78 Å². The van der Waals surface area contributed by atoms with Crippen LogP contribution >= 0.6 is 0 Å². The molecule has 10 heavy (non-hydrogen) atoms. The molecule has 1 unspecified atom stereocenters. The van der Waals surface area contributed by atoms with Gasteiger partial charge in [-0.2, -0.15) is 0 Å². The minimum atomic E-state index is -1.34. The van der Waals surface area contributed by atoms with E-state index in [-0.39, 0.29) is 0 Å². The van der Waals surface area contributed by atoms with Gasteiger partial charge in [-0.05, 0) is 19.1 Å². The SMILES string of the molecule is Cc1ccc(S(=N)O)cc1. The average Bonchev–Trinajstić information content (AvgIpc) is 1.88. The van der Waals surface area contributed by atoms with E-state index < -0.39 is 11.0 Å². The number of benzene rings is 1. The predicted octanol–water partition coefficient (Wildman–Crippen LogP) is 2.21. The lowest BCUT2D eigenvalue weighted by atomic mass is 10.2. The normalized spacial score (nSPS) is 13.0. The second-order valence-electron chi connectivity index (χ2n) is 2.10. The maximum Gasteiger partial charge on any atom is 0.0570 e. The monoisotopic (exact) mass is 155 g/mol. The van der Waals surface area contributed by atoms with Gasteiger partial charge < -0.3 is 4.55 Å². The summed E-state index contributed by atoms with van der Waals surface area (Å²) in [5.41, 5.74) is 1.15. The first-order valence-electron chi connectivity index (χ1n) is 2.91. The Bertz CT molecular complexity index is 242. The molecule has 2 nitrogen and oxygen atoms in total. The van der Waals surface area contributed by atoms with E-state index in [0.29, 0.717) is 4.90 Å². The van der Waals surface area contributed by atoms with E-state index >= 15 is 0 Å². The number of hydrogen-bond donors (Lipinski definition) is 2. The molecule has 1 aromatic carbocycles. The molecule has 0 saturated heterocycles. The van der Waals surface area contributed by atoms with Gasteiger partial charge in [-0.1, -0.05) is 17.7 Å². The zero-order valence-corrected chi connectivity index (χ0v) is 6.48. The van der Waals surface area contributed by atoms with Crippen molar-refractivity contribution >= 4 is 11.0 Å². The fourth-order valence-electron chi connectivity index (χ4n) is 0.667. The van der Waals surface area contributed by atoms with Crippen LogP contribution in [-0.4, -0.2) is 4.55 Å². The molecular formula is C7H9NOS. The van der Waals surface area contributed by atoms with E-state index in [1.54, 1.807) is 12.1 Å². The standard InChI is InChI=1S/C7H9NOS/c1-6-2-4-7(5-3-6)10(8)9/h2-5H,1H3,(H2,8,9). The zero-order chi connectivity index (χ0) is 7.56. The summed E-state index contributed by atoms with van der Waals surface area (Å²) in [4.78, 5) is 0.672. The van der Waals surface area contributed by atoms with Crippen LogP contribution in [0.2, 0.25) is 0 Å². The first-order chi connectivity index (χ1) is 4.70. The lowest BCUT2D eigenvalue weighted by molar-refractivity contribution is 0.645. The molecule has 0 radical (unpaired) electrons. The van der Waals surface area contributed by atoms with Gasteiger partial charge in [-0.15, -0.1) is 0 Å². The summed E-state index contributed by atoms with van der Waals surface area (Å²) in [5, 5.41) is 0. The van der Waals surface area contributed by atoms with Crippen molar-refractivity contribution in [2.24, 2.45) is 0 Å². The molecule has 0 aliphatic carbocycles. The Kier molecular flexibility index (Phi) is 2.19. The van der Waals surface area contributed by atoms with E-state index in [0.717, 1.165) is 5.56 Å². The number of hydrogen-bond acceptors (Lipinski definition) is 1. The maximum atomic E-state index is 8.81. The molecule has 0 aliphatic heterocycles. The Morgan fingerprint density at radius 2 is 1.80 bits per heavy atom. The van der Waals surface area contributed by atoms with Gasteiger partial charge in [0.15, 0.2) is 0 Å². The molecule has 0 aliphatic rings. The molecule has 0 aromatic heterocycles. The summed E-state index contributed by atoms with van der Waals surface area (Å²) in [7, 11) is -1.34. The smallest absolute Gasteiger partial charge is 0.0570 e. The second-order valence-corrected chi connectivity index (χ2v) is 3.14. The van der Waals surface area contributed by atoms with Crippen LogP contribution in [0.4, 0.5) is 0 Å². The third-order valence-corrected chi connectivity index (χ3v) is 1.96. The predicted molar refractivity (Wildman–Crippen MR) is 42.2 cm³/mol. The average molecular weight is 155 g/mol. The van der Waals surface area contributed by atoms with Crippen LogP contribution in [0.5, 0.6) is 0 Å². The van der Waals surface area contributed by atoms with Crippen molar-refractivity contribution in [3.05, 3.63) is 29.8 Å². The van der Waals surface area contributed by atoms with Gasteiger partial charge in [-0.3, -0.25) is 4.78 Å². The molecular weight excluding hydrogens is 146 g/mol. The van der Waals surface area contributed by atoms with Crippen LogP contribution in [0.3, 0.4) is 0 Å². The summed E-state index contributed by atoms with van der Waals surface area (Å²) < 4.78 is 15.8. The Morgan fingerprint density at radius 1 is 1.30 bits per heavy atom. The molecule has 0 bridgehead atoms. The number of rotatable bonds is 1. The Balaban J connectivity index is 3.00. The van der Waals surface area contributed by atoms with E-state index in [4.69, 9.17) is 9.33 Å². The number of aryl methyl sites for hydroxylation is 1. The van der Waals surface area contributed by atoms with Crippen LogP contribution < -0.4 is 0 Å². The largest absolute Gasteiger partial charge is 0.318 e. The van der Waals surface area contributed by atoms with Crippen molar-refractivity contribution in [3.63, 3.8) is 0 Å². The summed E-state index contributed by atoms with van der Waals surface area (Å²) in [6.07, 6.45) is 0. The van der Waals surface area contributed by atoms with Crippen molar-refractivity contribution in [2.75, 3.05) is 0 Å².